The van der Waals surface area contributed by atoms with E-state index in [2.05, 4.69) is 15.3 Å². The minimum absolute atomic E-state index is 0.0747. The van der Waals surface area contributed by atoms with E-state index < -0.39 is 11.7 Å². The molecule has 9 heteroatoms. The van der Waals surface area contributed by atoms with E-state index in [4.69, 9.17) is 4.42 Å². The first-order chi connectivity index (χ1) is 12.8. The molecule has 0 radical (unpaired) electrons. The monoisotopic (exact) mass is 378 g/mol. The van der Waals surface area contributed by atoms with Gasteiger partial charge in [0.2, 0.25) is 11.9 Å². The summed E-state index contributed by atoms with van der Waals surface area (Å²) in [6.07, 6.45) is 0.666. The highest BCUT2D eigenvalue weighted by Crippen LogP contribution is 2.38. The molecule has 4 rings (SSSR count). The Balaban J connectivity index is 1.66. The van der Waals surface area contributed by atoms with E-state index in [1.165, 1.54) is 6.26 Å². The number of amides is 1. The van der Waals surface area contributed by atoms with Crippen LogP contribution in [0.4, 0.5) is 19.1 Å². The van der Waals surface area contributed by atoms with Crippen molar-refractivity contribution in [2.45, 2.75) is 44.8 Å². The van der Waals surface area contributed by atoms with E-state index in [-0.39, 0.29) is 29.8 Å². The zero-order valence-corrected chi connectivity index (χ0v) is 14.5. The largest absolute Gasteiger partial charge is 0.469 e. The second kappa shape index (κ2) is 6.40. The maximum absolute atomic E-state index is 13.0. The summed E-state index contributed by atoms with van der Waals surface area (Å²) >= 11 is 0. The summed E-state index contributed by atoms with van der Waals surface area (Å²) in [6, 6.07) is 2.80. The number of aryl methyl sites for hydroxylation is 1. The number of rotatable bonds is 4. The van der Waals surface area contributed by atoms with Crippen LogP contribution in [0.15, 0.2) is 29.0 Å². The lowest BCUT2D eigenvalue weighted by Gasteiger charge is -2.28. The zero-order chi connectivity index (χ0) is 19.2. The standard InChI is InChI=1S/C18H17F3N4O2/c1-10-5-11(9-27-10)6-15(26)24-17-23-14-7-12(18(19,20)21)8-22-16(14)25(17)13-3-2-4-13/h5,7-9,13H,2-4,6H2,1H3,(H,23,24,26). The molecule has 6 nitrogen and oxygen atoms in total. The smallest absolute Gasteiger partial charge is 0.417 e. The van der Waals surface area contributed by atoms with Crippen LogP contribution in [0.2, 0.25) is 0 Å². The Morgan fingerprint density at radius 2 is 2.15 bits per heavy atom. The average Bonchev–Trinajstić information content (AvgIpc) is 3.08. The molecule has 1 aliphatic carbocycles. The lowest BCUT2D eigenvalue weighted by Crippen LogP contribution is -2.23. The highest BCUT2D eigenvalue weighted by atomic mass is 19.4. The summed E-state index contributed by atoms with van der Waals surface area (Å²) in [5.74, 6) is 0.609. The van der Waals surface area contributed by atoms with Crippen LogP contribution in [-0.4, -0.2) is 20.4 Å². The van der Waals surface area contributed by atoms with E-state index in [1.54, 1.807) is 17.6 Å². The topological polar surface area (TPSA) is 73.0 Å². The van der Waals surface area contributed by atoms with Crippen molar-refractivity contribution in [1.82, 2.24) is 14.5 Å². The van der Waals surface area contributed by atoms with E-state index in [0.29, 0.717) is 17.0 Å². The van der Waals surface area contributed by atoms with Gasteiger partial charge in [0.15, 0.2) is 5.65 Å². The van der Waals surface area contributed by atoms with Crippen molar-refractivity contribution in [3.63, 3.8) is 0 Å². The predicted molar refractivity (Wildman–Crippen MR) is 91.2 cm³/mol. The molecular weight excluding hydrogens is 361 g/mol. The number of aromatic nitrogens is 3. The zero-order valence-electron chi connectivity index (χ0n) is 14.5. The van der Waals surface area contributed by atoms with Crippen LogP contribution in [-0.2, 0) is 17.4 Å². The van der Waals surface area contributed by atoms with E-state index in [0.717, 1.165) is 31.5 Å². The SMILES string of the molecule is Cc1cc(CC(=O)Nc2nc3cc(C(F)(F)F)cnc3n2C2CCC2)co1. The third-order valence-electron chi connectivity index (χ3n) is 4.70. The molecule has 0 aliphatic heterocycles. The van der Waals surface area contributed by atoms with Crippen molar-refractivity contribution in [1.29, 1.82) is 0 Å². The third kappa shape index (κ3) is 3.41. The number of imidazole rings is 1. The van der Waals surface area contributed by atoms with Gasteiger partial charge in [-0.2, -0.15) is 13.2 Å². The fraction of sp³-hybridized carbons (Fsp3) is 0.389. The quantitative estimate of drug-likeness (QED) is 0.736. The normalized spacial score (nSPS) is 15.1. The van der Waals surface area contributed by atoms with Gasteiger partial charge in [0.05, 0.1) is 18.2 Å². The number of pyridine rings is 1. The molecule has 1 aliphatic rings. The summed E-state index contributed by atoms with van der Waals surface area (Å²) in [5.41, 5.74) is 0.321. The number of carbonyl (C=O) groups is 1. The van der Waals surface area contributed by atoms with Crippen molar-refractivity contribution in [3.05, 3.63) is 41.5 Å². The number of hydrogen-bond acceptors (Lipinski definition) is 4. The molecule has 27 heavy (non-hydrogen) atoms. The molecular formula is C18H17F3N4O2. The Hall–Kier alpha value is -2.84. The second-order valence-corrected chi connectivity index (χ2v) is 6.75. The summed E-state index contributed by atoms with van der Waals surface area (Å²) in [5, 5.41) is 2.72. The number of anilines is 1. The molecule has 0 spiro atoms. The molecule has 0 bridgehead atoms. The molecule has 3 heterocycles. The minimum Gasteiger partial charge on any atom is -0.469 e. The maximum Gasteiger partial charge on any atom is 0.417 e. The van der Waals surface area contributed by atoms with Crippen LogP contribution < -0.4 is 5.32 Å². The van der Waals surface area contributed by atoms with Crippen molar-refractivity contribution in [2.75, 3.05) is 5.32 Å². The Morgan fingerprint density at radius 1 is 1.37 bits per heavy atom. The first-order valence-electron chi connectivity index (χ1n) is 8.60. The first kappa shape index (κ1) is 17.6. The lowest BCUT2D eigenvalue weighted by molar-refractivity contribution is -0.137. The van der Waals surface area contributed by atoms with Gasteiger partial charge < -0.3 is 4.42 Å². The maximum atomic E-state index is 13.0. The number of furan rings is 1. The fourth-order valence-corrected chi connectivity index (χ4v) is 3.16. The molecule has 1 fully saturated rings. The Labute approximate surface area is 152 Å². The molecule has 142 valence electrons. The van der Waals surface area contributed by atoms with Gasteiger partial charge in [-0.1, -0.05) is 0 Å². The number of fused-ring (bicyclic) bond motifs is 1. The minimum atomic E-state index is -4.50. The molecule has 3 aromatic rings. The van der Waals surface area contributed by atoms with Gasteiger partial charge in [-0.3, -0.25) is 14.7 Å². The summed E-state index contributed by atoms with van der Waals surface area (Å²) in [6.45, 7) is 1.78. The van der Waals surface area contributed by atoms with Crippen LogP contribution in [0.25, 0.3) is 11.2 Å². The third-order valence-corrected chi connectivity index (χ3v) is 4.70. The van der Waals surface area contributed by atoms with Crippen LogP contribution >= 0.6 is 0 Å². The van der Waals surface area contributed by atoms with Gasteiger partial charge in [0, 0.05) is 12.2 Å². The fourth-order valence-electron chi connectivity index (χ4n) is 3.16. The summed E-state index contributed by atoms with van der Waals surface area (Å²) in [4.78, 5) is 20.6. The Kier molecular flexibility index (Phi) is 4.16. The molecule has 1 saturated carbocycles. The lowest BCUT2D eigenvalue weighted by atomic mass is 9.93. The van der Waals surface area contributed by atoms with Gasteiger partial charge in [-0.05, 0) is 43.9 Å². The van der Waals surface area contributed by atoms with Crippen molar-refractivity contribution < 1.29 is 22.4 Å². The Bertz CT molecular complexity index is 1000. The van der Waals surface area contributed by atoms with Crippen molar-refractivity contribution in [2.24, 2.45) is 0 Å². The molecule has 0 aromatic carbocycles. The number of hydrogen-bond donors (Lipinski definition) is 1. The molecule has 1 amide bonds. The van der Waals surface area contributed by atoms with Gasteiger partial charge in [0.1, 0.15) is 11.3 Å². The molecule has 3 aromatic heterocycles. The van der Waals surface area contributed by atoms with E-state index >= 15 is 0 Å². The highest BCUT2D eigenvalue weighted by Gasteiger charge is 2.33. The number of nitrogens with one attached hydrogen (secondary N) is 1. The molecule has 0 unspecified atom stereocenters. The van der Waals surface area contributed by atoms with Crippen molar-refractivity contribution >= 4 is 23.0 Å². The average molecular weight is 378 g/mol. The van der Waals surface area contributed by atoms with Crippen LogP contribution in [0.3, 0.4) is 0 Å². The van der Waals surface area contributed by atoms with Gasteiger partial charge in [-0.15, -0.1) is 0 Å². The van der Waals surface area contributed by atoms with E-state index in [1.807, 2.05) is 0 Å². The van der Waals surface area contributed by atoms with Gasteiger partial charge >= 0.3 is 6.18 Å². The first-order valence-corrected chi connectivity index (χ1v) is 8.60. The van der Waals surface area contributed by atoms with Crippen LogP contribution in [0, 0.1) is 6.92 Å². The number of alkyl halides is 3. The Morgan fingerprint density at radius 3 is 2.74 bits per heavy atom. The highest BCUT2D eigenvalue weighted by molar-refractivity contribution is 5.92. The summed E-state index contributed by atoms with van der Waals surface area (Å²) in [7, 11) is 0. The molecule has 0 saturated heterocycles. The van der Waals surface area contributed by atoms with Gasteiger partial charge in [-0.25, -0.2) is 9.97 Å². The molecule has 0 atom stereocenters. The number of halogens is 3. The van der Waals surface area contributed by atoms with E-state index in [9.17, 15) is 18.0 Å². The predicted octanol–water partition coefficient (Wildman–Crippen LogP) is 4.26. The van der Waals surface area contributed by atoms with Gasteiger partial charge in [0.25, 0.3) is 0 Å². The van der Waals surface area contributed by atoms with Crippen molar-refractivity contribution in [3.8, 4) is 0 Å². The summed E-state index contributed by atoms with van der Waals surface area (Å²) < 4.78 is 45.8. The number of nitrogens with zero attached hydrogens (tertiary/aromatic N) is 3. The number of carbonyl (C=O) groups excluding carboxylic acids is 1. The second-order valence-electron chi connectivity index (χ2n) is 6.75. The van der Waals surface area contributed by atoms with Crippen LogP contribution in [0.5, 0.6) is 0 Å². The molecule has 1 N–H and O–H groups in total. The van der Waals surface area contributed by atoms with Crippen LogP contribution in [0.1, 0.15) is 42.2 Å².